The lowest BCUT2D eigenvalue weighted by Crippen LogP contribution is -2.63. The molecule has 1 rings (SSSR count). The van der Waals surface area contributed by atoms with Crippen molar-refractivity contribution in [3.8, 4) is 0 Å². The van der Waals surface area contributed by atoms with Gasteiger partial charge < -0.3 is 5.32 Å². The van der Waals surface area contributed by atoms with Gasteiger partial charge in [-0.05, 0) is 32.3 Å². The van der Waals surface area contributed by atoms with E-state index in [1.165, 1.54) is 24.8 Å². The van der Waals surface area contributed by atoms with Crippen LogP contribution in [0.25, 0.3) is 0 Å². The number of piperazine rings is 1. The molecule has 2 unspecified atom stereocenters. The highest BCUT2D eigenvalue weighted by Gasteiger charge is 2.35. The fourth-order valence-electron chi connectivity index (χ4n) is 2.51. The van der Waals surface area contributed by atoms with Crippen molar-refractivity contribution in [2.24, 2.45) is 0 Å². The van der Waals surface area contributed by atoms with Gasteiger partial charge in [0.05, 0.1) is 0 Å². The number of nitrogens with zero attached hydrogens (tertiary/aromatic N) is 1. The van der Waals surface area contributed by atoms with Gasteiger partial charge in [0.1, 0.15) is 0 Å². The maximum absolute atomic E-state index is 5.80. The standard InChI is InChI=1S/C14H27ClN2/c1-5-7-13-10-17(9-12(3)8-15)14(4,6-2)11-16-13/h8,13,16H,5-7,9-11H2,1-4H3. The predicted molar refractivity (Wildman–Crippen MR) is 76.6 cm³/mol. The van der Waals surface area contributed by atoms with E-state index in [1.807, 2.05) is 0 Å². The van der Waals surface area contributed by atoms with Gasteiger partial charge >= 0.3 is 0 Å². The van der Waals surface area contributed by atoms with Gasteiger partial charge in [-0.1, -0.05) is 31.9 Å². The molecular formula is C14H27ClN2. The molecule has 0 spiro atoms. The van der Waals surface area contributed by atoms with Gasteiger partial charge in [0.25, 0.3) is 0 Å². The molecule has 0 amide bonds. The smallest absolute Gasteiger partial charge is 0.0307 e. The minimum absolute atomic E-state index is 0.269. The first-order valence-corrected chi connectivity index (χ1v) is 7.23. The van der Waals surface area contributed by atoms with E-state index in [2.05, 4.69) is 37.9 Å². The Bertz CT molecular complexity index is 265. The van der Waals surface area contributed by atoms with Crippen molar-refractivity contribution in [2.45, 2.75) is 58.5 Å². The number of hydrogen-bond acceptors (Lipinski definition) is 2. The van der Waals surface area contributed by atoms with Crippen LogP contribution in [0.4, 0.5) is 0 Å². The summed E-state index contributed by atoms with van der Waals surface area (Å²) in [6.07, 6.45) is 3.69. The van der Waals surface area contributed by atoms with E-state index in [0.29, 0.717) is 6.04 Å². The summed E-state index contributed by atoms with van der Waals surface area (Å²) in [7, 11) is 0. The van der Waals surface area contributed by atoms with Crippen LogP contribution < -0.4 is 5.32 Å². The van der Waals surface area contributed by atoms with Crippen molar-refractivity contribution >= 4 is 11.6 Å². The summed E-state index contributed by atoms with van der Waals surface area (Å²) in [5, 5.41) is 3.69. The third-order valence-corrected chi connectivity index (χ3v) is 4.37. The Labute approximate surface area is 111 Å². The van der Waals surface area contributed by atoms with Crippen molar-refractivity contribution in [1.29, 1.82) is 0 Å². The van der Waals surface area contributed by atoms with Gasteiger partial charge in [-0.3, -0.25) is 4.90 Å². The molecule has 0 aromatic rings. The fraction of sp³-hybridized carbons (Fsp3) is 0.857. The van der Waals surface area contributed by atoms with Crippen molar-refractivity contribution in [3.63, 3.8) is 0 Å². The highest BCUT2D eigenvalue weighted by molar-refractivity contribution is 6.25. The molecule has 0 radical (unpaired) electrons. The molecule has 100 valence electrons. The van der Waals surface area contributed by atoms with E-state index in [0.717, 1.165) is 19.6 Å². The summed E-state index contributed by atoms with van der Waals surface area (Å²) in [5.41, 5.74) is 3.24. The normalized spacial score (nSPS) is 31.8. The van der Waals surface area contributed by atoms with Gasteiger partial charge in [0, 0.05) is 36.8 Å². The number of nitrogens with one attached hydrogen (secondary N) is 1. The first kappa shape index (κ1) is 15.0. The van der Waals surface area contributed by atoms with Crippen molar-refractivity contribution in [1.82, 2.24) is 10.2 Å². The summed E-state index contributed by atoms with van der Waals surface area (Å²) >= 11 is 5.80. The van der Waals surface area contributed by atoms with Crippen molar-refractivity contribution in [3.05, 3.63) is 11.1 Å². The van der Waals surface area contributed by atoms with Crippen LogP contribution in [0.2, 0.25) is 0 Å². The Morgan fingerprint density at radius 3 is 2.76 bits per heavy atom. The van der Waals surface area contributed by atoms with Crippen LogP contribution in [0.3, 0.4) is 0 Å². The lowest BCUT2D eigenvalue weighted by Gasteiger charge is -2.48. The second kappa shape index (κ2) is 6.77. The SMILES string of the molecule is CCCC1CN(CC(C)=CCl)C(C)(CC)CN1. The highest BCUT2D eigenvalue weighted by Crippen LogP contribution is 2.25. The fourth-order valence-corrected chi connectivity index (χ4v) is 2.58. The van der Waals surface area contributed by atoms with Crippen LogP contribution in [0.15, 0.2) is 11.1 Å². The topological polar surface area (TPSA) is 15.3 Å². The molecule has 1 aliphatic heterocycles. The minimum Gasteiger partial charge on any atom is -0.311 e. The monoisotopic (exact) mass is 258 g/mol. The number of halogens is 1. The Balaban J connectivity index is 2.69. The largest absolute Gasteiger partial charge is 0.311 e. The second-order valence-electron chi connectivity index (χ2n) is 5.55. The summed E-state index contributed by atoms with van der Waals surface area (Å²) in [6.45, 7) is 12.2. The third kappa shape index (κ3) is 3.97. The average molecular weight is 259 g/mol. The molecule has 0 saturated carbocycles. The van der Waals surface area contributed by atoms with E-state index in [1.54, 1.807) is 5.54 Å². The summed E-state index contributed by atoms with van der Waals surface area (Å²) in [4.78, 5) is 2.60. The van der Waals surface area contributed by atoms with Crippen LogP contribution in [0.1, 0.15) is 47.0 Å². The Morgan fingerprint density at radius 1 is 1.53 bits per heavy atom. The van der Waals surface area contributed by atoms with Crippen LogP contribution >= 0.6 is 11.6 Å². The van der Waals surface area contributed by atoms with Gasteiger partial charge in [-0.15, -0.1) is 0 Å². The molecule has 1 aliphatic rings. The Hall–Kier alpha value is -0.0500. The maximum Gasteiger partial charge on any atom is 0.0307 e. The molecule has 0 aliphatic carbocycles. The quantitative estimate of drug-likeness (QED) is 0.814. The highest BCUT2D eigenvalue weighted by atomic mass is 35.5. The van der Waals surface area contributed by atoms with Gasteiger partial charge in [-0.25, -0.2) is 0 Å². The van der Waals surface area contributed by atoms with E-state index in [-0.39, 0.29) is 5.54 Å². The number of rotatable bonds is 5. The zero-order chi connectivity index (χ0) is 12.9. The minimum atomic E-state index is 0.269. The Morgan fingerprint density at radius 2 is 2.24 bits per heavy atom. The zero-order valence-electron chi connectivity index (χ0n) is 11.7. The lowest BCUT2D eigenvalue weighted by molar-refractivity contribution is 0.0559. The third-order valence-electron chi connectivity index (χ3n) is 4.00. The van der Waals surface area contributed by atoms with E-state index in [9.17, 15) is 0 Å². The molecule has 1 heterocycles. The van der Waals surface area contributed by atoms with E-state index in [4.69, 9.17) is 11.6 Å². The van der Waals surface area contributed by atoms with Crippen molar-refractivity contribution in [2.75, 3.05) is 19.6 Å². The number of hydrogen-bond donors (Lipinski definition) is 1. The molecule has 0 bridgehead atoms. The summed E-state index contributed by atoms with van der Waals surface area (Å²) in [5.74, 6) is 0. The predicted octanol–water partition coefficient (Wildman–Crippen LogP) is 3.37. The first-order chi connectivity index (χ1) is 8.05. The van der Waals surface area contributed by atoms with Crippen LogP contribution in [0.5, 0.6) is 0 Å². The van der Waals surface area contributed by atoms with E-state index >= 15 is 0 Å². The molecular weight excluding hydrogens is 232 g/mol. The summed E-state index contributed by atoms with van der Waals surface area (Å²) in [6, 6.07) is 0.641. The first-order valence-electron chi connectivity index (χ1n) is 6.80. The second-order valence-corrected chi connectivity index (χ2v) is 5.77. The lowest BCUT2D eigenvalue weighted by atomic mass is 9.90. The summed E-state index contributed by atoms with van der Waals surface area (Å²) < 4.78 is 0. The van der Waals surface area contributed by atoms with Gasteiger partial charge in [-0.2, -0.15) is 0 Å². The molecule has 1 N–H and O–H groups in total. The maximum atomic E-state index is 5.80. The molecule has 2 nitrogen and oxygen atoms in total. The van der Waals surface area contributed by atoms with Crippen LogP contribution in [0, 0.1) is 0 Å². The van der Waals surface area contributed by atoms with E-state index < -0.39 is 0 Å². The molecule has 0 aromatic heterocycles. The van der Waals surface area contributed by atoms with Crippen LogP contribution in [-0.2, 0) is 0 Å². The van der Waals surface area contributed by atoms with Crippen molar-refractivity contribution < 1.29 is 0 Å². The van der Waals surface area contributed by atoms with Gasteiger partial charge in [0.15, 0.2) is 0 Å². The molecule has 3 heteroatoms. The molecule has 1 saturated heterocycles. The van der Waals surface area contributed by atoms with Gasteiger partial charge in [0.2, 0.25) is 0 Å². The molecule has 1 fully saturated rings. The average Bonchev–Trinajstić information content (AvgIpc) is 2.33. The molecule has 0 aromatic carbocycles. The molecule has 2 atom stereocenters. The Kier molecular flexibility index (Phi) is 5.98. The van der Waals surface area contributed by atoms with Crippen LogP contribution in [-0.4, -0.2) is 36.1 Å². The zero-order valence-corrected chi connectivity index (χ0v) is 12.5. The molecule has 17 heavy (non-hydrogen) atoms.